The van der Waals surface area contributed by atoms with E-state index in [1.165, 1.54) is 12.1 Å². The predicted octanol–water partition coefficient (Wildman–Crippen LogP) is 2.29. The van der Waals surface area contributed by atoms with Crippen LogP contribution in [0, 0.1) is 5.82 Å². The number of benzene rings is 1. The summed E-state index contributed by atoms with van der Waals surface area (Å²) in [6, 6.07) is 6.21. The lowest BCUT2D eigenvalue weighted by Gasteiger charge is -2.11. The molecule has 0 bridgehead atoms. The Balaban J connectivity index is 1.66. The second kappa shape index (κ2) is 5.45. The van der Waals surface area contributed by atoms with E-state index in [0.29, 0.717) is 12.2 Å². The fourth-order valence-electron chi connectivity index (χ4n) is 2.44. The van der Waals surface area contributed by atoms with Crippen molar-refractivity contribution in [1.82, 2.24) is 14.9 Å². The molecule has 1 aliphatic heterocycles. The number of amides is 1. The third-order valence-corrected chi connectivity index (χ3v) is 3.48. The molecule has 0 atom stereocenters. The summed E-state index contributed by atoms with van der Waals surface area (Å²) in [7, 11) is 0. The molecule has 1 aromatic carbocycles. The zero-order chi connectivity index (χ0) is 13.9. The van der Waals surface area contributed by atoms with Gasteiger partial charge in [-0.2, -0.15) is 0 Å². The zero-order valence-corrected chi connectivity index (χ0v) is 11.1. The van der Waals surface area contributed by atoms with Gasteiger partial charge >= 0.3 is 0 Å². The van der Waals surface area contributed by atoms with Gasteiger partial charge in [0.25, 0.3) is 5.91 Å². The predicted molar refractivity (Wildman–Crippen MR) is 72.7 cm³/mol. The number of nitrogens with one attached hydrogen (secondary N) is 1. The Hall–Kier alpha value is -2.17. The first kappa shape index (κ1) is 12.8. The van der Waals surface area contributed by atoms with Gasteiger partial charge in [0.1, 0.15) is 17.3 Å². The summed E-state index contributed by atoms with van der Waals surface area (Å²) in [4.78, 5) is 16.4. The summed E-state index contributed by atoms with van der Waals surface area (Å²) in [6.45, 7) is 1.23. The number of aryl methyl sites for hydroxylation is 2. The van der Waals surface area contributed by atoms with Crippen LogP contribution in [0.1, 0.15) is 34.7 Å². The molecular weight excluding hydrogens is 257 g/mol. The molecule has 0 radical (unpaired) electrons. The fourth-order valence-corrected chi connectivity index (χ4v) is 2.44. The van der Waals surface area contributed by atoms with Crippen LogP contribution in [-0.4, -0.2) is 15.5 Å². The van der Waals surface area contributed by atoms with E-state index in [1.807, 2.05) is 4.57 Å². The molecule has 1 N–H and O–H groups in total. The van der Waals surface area contributed by atoms with E-state index < -0.39 is 0 Å². The molecule has 20 heavy (non-hydrogen) atoms. The van der Waals surface area contributed by atoms with Gasteiger partial charge in [0.15, 0.2) is 0 Å². The van der Waals surface area contributed by atoms with Crippen molar-refractivity contribution in [1.29, 1.82) is 0 Å². The molecule has 104 valence electrons. The molecule has 1 aromatic heterocycles. The molecule has 2 heterocycles. The van der Waals surface area contributed by atoms with Gasteiger partial charge in [0.05, 0.1) is 0 Å². The molecule has 4 nitrogen and oxygen atoms in total. The second-order valence-corrected chi connectivity index (χ2v) is 5.01. The molecule has 1 amide bonds. The van der Waals surface area contributed by atoms with Gasteiger partial charge in [0.2, 0.25) is 0 Å². The van der Waals surface area contributed by atoms with E-state index in [-0.39, 0.29) is 11.7 Å². The van der Waals surface area contributed by atoms with Gasteiger partial charge in [-0.25, -0.2) is 9.37 Å². The number of carbonyl (C=O) groups is 1. The SMILES string of the molecule is O=C(NCc1cccc(F)c1)c1cn2c(n1)CCCC2. The first-order chi connectivity index (χ1) is 9.72. The third kappa shape index (κ3) is 2.71. The van der Waals surface area contributed by atoms with Crippen LogP contribution in [0.25, 0.3) is 0 Å². The third-order valence-electron chi connectivity index (χ3n) is 3.48. The number of rotatable bonds is 3. The van der Waals surface area contributed by atoms with Crippen molar-refractivity contribution in [2.45, 2.75) is 32.4 Å². The van der Waals surface area contributed by atoms with Gasteiger partial charge in [-0.3, -0.25) is 4.79 Å². The van der Waals surface area contributed by atoms with E-state index in [0.717, 1.165) is 37.2 Å². The van der Waals surface area contributed by atoms with Crippen LogP contribution < -0.4 is 5.32 Å². The molecule has 0 saturated carbocycles. The topological polar surface area (TPSA) is 46.9 Å². The summed E-state index contributed by atoms with van der Waals surface area (Å²) in [6.07, 6.45) is 4.99. The van der Waals surface area contributed by atoms with Crippen LogP contribution in [0.4, 0.5) is 4.39 Å². The summed E-state index contributed by atoms with van der Waals surface area (Å²) in [5, 5.41) is 2.77. The lowest BCUT2D eigenvalue weighted by atomic mass is 10.2. The quantitative estimate of drug-likeness (QED) is 0.932. The molecule has 0 saturated heterocycles. The van der Waals surface area contributed by atoms with Crippen molar-refractivity contribution >= 4 is 5.91 Å². The largest absolute Gasteiger partial charge is 0.347 e. The maximum Gasteiger partial charge on any atom is 0.271 e. The lowest BCUT2D eigenvalue weighted by molar-refractivity contribution is 0.0946. The summed E-state index contributed by atoms with van der Waals surface area (Å²) >= 11 is 0. The van der Waals surface area contributed by atoms with Crippen molar-refractivity contribution in [3.8, 4) is 0 Å². The molecule has 1 aliphatic rings. The Bertz CT molecular complexity index is 612. The number of halogens is 1. The smallest absolute Gasteiger partial charge is 0.271 e. The first-order valence-corrected chi connectivity index (χ1v) is 6.81. The molecule has 0 fully saturated rings. The molecular formula is C15H16FN3O. The highest BCUT2D eigenvalue weighted by Crippen LogP contribution is 2.14. The number of fused-ring (bicyclic) bond motifs is 1. The maximum absolute atomic E-state index is 13.0. The van der Waals surface area contributed by atoms with Crippen LogP contribution in [0.15, 0.2) is 30.5 Å². The van der Waals surface area contributed by atoms with Crippen molar-refractivity contribution in [2.24, 2.45) is 0 Å². The Labute approximate surface area is 116 Å². The standard InChI is InChI=1S/C15H16FN3O/c16-12-5-3-4-11(8-12)9-17-15(20)13-10-19-7-2-1-6-14(19)18-13/h3-5,8,10H,1-2,6-7,9H2,(H,17,20). The van der Waals surface area contributed by atoms with E-state index in [1.54, 1.807) is 18.3 Å². The normalized spacial score (nSPS) is 13.8. The Morgan fingerprint density at radius 1 is 1.40 bits per heavy atom. The molecule has 3 rings (SSSR count). The van der Waals surface area contributed by atoms with Gasteiger partial charge in [-0.1, -0.05) is 12.1 Å². The monoisotopic (exact) mass is 273 g/mol. The number of nitrogens with zero attached hydrogens (tertiary/aromatic N) is 2. The number of imidazole rings is 1. The van der Waals surface area contributed by atoms with Crippen LogP contribution in [0.3, 0.4) is 0 Å². The van der Waals surface area contributed by atoms with E-state index in [4.69, 9.17) is 0 Å². The molecule has 2 aromatic rings. The number of carbonyl (C=O) groups excluding carboxylic acids is 1. The number of hydrogen-bond acceptors (Lipinski definition) is 2. The zero-order valence-electron chi connectivity index (χ0n) is 11.1. The van der Waals surface area contributed by atoms with Crippen molar-refractivity contribution in [3.63, 3.8) is 0 Å². The fraction of sp³-hybridized carbons (Fsp3) is 0.333. The first-order valence-electron chi connectivity index (χ1n) is 6.81. The van der Waals surface area contributed by atoms with Crippen LogP contribution in [-0.2, 0) is 19.5 Å². The van der Waals surface area contributed by atoms with E-state index in [9.17, 15) is 9.18 Å². The van der Waals surface area contributed by atoms with Gasteiger partial charge in [-0.15, -0.1) is 0 Å². The summed E-state index contributed by atoms with van der Waals surface area (Å²) in [5.41, 5.74) is 1.18. The highest BCUT2D eigenvalue weighted by molar-refractivity contribution is 5.92. The minimum atomic E-state index is -0.297. The molecule has 0 aliphatic carbocycles. The number of aromatic nitrogens is 2. The highest BCUT2D eigenvalue weighted by atomic mass is 19.1. The van der Waals surface area contributed by atoms with Gasteiger partial charge in [0, 0.05) is 25.7 Å². The Kier molecular flexibility index (Phi) is 3.50. The van der Waals surface area contributed by atoms with Crippen LogP contribution in [0.2, 0.25) is 0 Å². The minimum Gasteiger partial charge on any atom is -0.347 e. The van der Waals surface area contributed by atoms with E-state index in [2.05, 4.69) is 10.3 Å². The van der Waals surface area contributed by atoms with Gasteiger partial charge < -0.3 is 9.88 Å². The maximum atomic E-state index is 13.0. The average Bonchev–Trinajstić information content (AvgIpc) is 2.89. The Morgan fingerprint density at radius 3 is 3.10 bits per heavy atom. The molecule has 0 unspecified atom stereocenters. The Morgan fingerprint density at radius 2 is 2.30 bits per heavy atom. The lowest BCUT2D eigenvalue weighted by Crippen LogP contribution is -2.23. The average molecular weight is 273 g/mol. The number of hydrogen-bond donors (Lipinski definition) is 1. The van der Waals surface area contributed by atoms with Crippen LogP contribution in [0.5, 0.6) is 0 Å². The minimum absolute atomic E-state index is 0.212. The summed E-state index contributed by atoms with van der Waals surface area (Å²) < 4.78 is 15.1. The van der Waals surface area contributed by atoms with Crippen LogP contribution >= 0.6 is 0 Å². The second-order valence-electron chi connectivity index (χ2n) is 5.01. The van der Waals surface area contributed by atoms with E-state index >= 15 is 0 Å². The van der Waals surface area contributed by atoms with Crippen molar-refractivity contribution < 1.29 is 9.18 Å². The summed E-state index contributed by atoms with van der Waals surface area (Å²) in [5.74, 6) is 0.470. The molecule has 5 heteroatoms. The molecule has 0 spiro atoms. The van der Waals surface area contributed by atoms with Gasteiger partial charge in [-0.05, 0) is 30.5 Å². The van der Waals surface area contributed by atoms with Crippen molar-refractivity contribution in [3.05, 3.63) is 53.4 Å². The highest BCUT2D eigenvalue weighted by Gasteiger charge is 2.16. The van der Waals surface area contributed by atoms with Crippen molar-refractivity contribution in [2.75, 3.05) is 0 Å².